The van der Waals surface area contributed by atoms with Crippen LogP contribution in [0.2, 0.25) is 0 Å². The quantitative estimate of drug-likeness (QED) is 0.328. The van der Waals surface area contributed by atoms with Crippen molar-refractivity contribution in [2.45, 2.75) is 87.5 Å². The van der Waals surface area contributed by atoms with Crippen LogP contribution in [0.3, 0.4) is 0 Å². The van der Waals surface area contributed by atoms with E-state index in [2.05, 4.69) is 59.9 Å². The highest BCUT2D eigenvalue weighted by Gasteiger charge is 2.27. The Bertz CT molecular complexity index is 459. The lowest BCUT2D eigenvalue weighted by atomic mass is 9.77. The van der Waals surface area contributed by atoms with E-state index in [-0.39, 0.29) is 16.7 Å². The van der Waals surface area contributed by atoms with Gasteiger partial charge in [0.25, 0.3) is 0 Å². The molecule has 2 N–H and O–H groups in total. The molecule has 0 aliphatic rings. The Hall–Kier alpha value is -1.25. The van der Waals surface area contributed by atoms with Gasteiger partial charge in [0.1, 0.15) is 5.76 Å². The zero-order valence-corrected chi connectivity index (χ0v) is 17.2. The molecule has 0 heterocycles. The number of aliphatic hydroxyl groups excluding tert-OH is 1. The molecule has 0 aromatic rings. The fraction of sp³-hybridized carbons (Fsp3) is 0.762. The maximum Gasteiger partial charge on any atom is 0.220 e. The molecule has 0 fully saturated rings. The monoisotopic (exact) mass is 337 g/mol. The number of carbonyl (C=O) groups is 1. The van der Waals surface area contributed by atoms with Crippen molar-refractivity contribution < 1.29 is 9.90 Å². The van der Waals surface area contributed by atoms with Gasteiger partial charge in [0.15, 0.2) is 0 Å². The summed E-state index contributed by atoms with van der Waals surface area (Å²) in [5, 5.41) is 13.8. The van der Waals surface area contributed by atoms with Crippen LogP contribution in [0.1, 0.15) is 87.5 Å². The summed E-state index contributed by atoms with van der Waals surface area (Å²) in [6.07, 6.45) is 6.06. The number of rotatable bonds is 8. The summed E-state index contributed by atoms with van der Waals surface area (Å²) in [6.45, 7) is 17.7. The minimum Gasteiger partial charge on any atom is -0.508 e. The van der Waals surface area contributed by atoms with Crippen molar-refractivity contribution in [1.82, 2.24) is 5.32 Å². The molecule has 0 aliphatic heterocycles. The third kappa shape index (κ3) is 8.03. The molecule has 24 heavy (non-hydrogen) atoms. The van der Waals surface area contributed by atoms with Crippen LogP contribution in [-0.4, -0.2) is 17.6 Å². The molecule has 0 radical (unpaired) electrons. The van der Waals surface area contributed by atoms with Crippen LogP contribution in [0.4, 0.5) is 0 Å². The van der Waals surface area contributed by atoms with Gasteiger partial charge in [-0.15, -0.1) is 0 Å². The van der Waals surface area contributed by atoms with Crippen LogP contribution >= 0.6 is 0 Å². The molecule has 1 amide bonds. The number of nitrogens with one attached hydrogen (secondary N) is 1. The summed E-state index contributed by atoms with van der Waals surface area (Å²) in [5.41, 5.74) is 1.90. The molecule has 0 aromatic carbocycles. The molecular formula is C21H39NO2. The predicted molar refractivity (Wildman–Crippen MR) is 104 cm³/mol. The first-order valence-corrected chi connectivity index (χ1v) is 9.35. The Labute approximate surface area is 149 Å². The third-order valence-corrected chi connectivity index (χ3v) is 4.14. The van der Waals surface area contributed by atoms with Gasteiger partial charge in [-0.25, -0.2) is 0 Å². The van der Waals surface area contributed by atoms with Crippen LogP contribution in [0.25, 0.3) is 0 Å². The van der Waals surface area contributed by atoms with Crippen molar-refractivity contribution in [1.29, 1.82) is 0 Å². The zero-order chi connectivity index (χ0) is 19.0. The summed E-state index contributed by atoms with van der Waals surface area (Å²) < 4.78 is 0. The average Bonchev–Trinajstić information content (AvgIpc) is 2.42. The average molecular weight is 338 g/mol. The minimum absolute atomic E-state index is 0.0524. The summed E-state index contributed by atoms with van der Waals surface area (Å²) in [4.78, 5) is 11.7. The summed E-state index contributed by atoms with van der Waals surface area (Å²) in [5.74, 6) is 0.555. The van der Waals surface area contributed by atoms with Crippen LogP contribution in [0.15, 0.2) is 23.0 Å². The fourth-order valence-electron chi connectivity index (χ4n) is 2.84. The molecule has 0 atom stereocenters. The lowest BCUT2D eigenvalue weighted by Crippen LogP contribution is -2.23. The summed E-state index contributed by atoms with van der Waals surface area (Å²) in [7, 11) is 0. The van der Waals surface area contributed by atoms with Crippen LogP contribution < -0.4 is 5.32 Å². The minimum atomic E-state index is -0.125. The molecule has 0 aromatic heterocycles. The van der Waals surface area contributed by atoms with Crippen molar-refractivity contribution >= 4 is 5.91 Å². The Balaban J connectivity index is 5.16. The lowest BCUT2D eigenvalue weighted by molar-refractivity contribution is -0.121. The maximum atomic E-state index is 11.7. The van der Waals surface area contributed by atoms with Crippen molar-refractivity contribution in [2.75, 3.05) is 6.54 Å². The molecule has 140 valence electrons. The lowest BCUT2D eigenvalue weighted by Gasteiger charge is -2.29. The SMILES string of the molecule is CCCNC(=O)CCC/C=C(\C(O)=C(/CC)C(C)(C)C)C(C)(C)C. The maximum absolute atomic E-state index is 11.7. The highest BCUT2D eigenvalue weighted by atomic mass is 16.3. The van der Waals surface area contributed by atoms with Gasteiger partial charge in [-0.1, -0.05) is 61.5 Å². The number of hydrogen-bond acceptors (Lipinski definition) is 2. The van der Waals surface area contributed by atoms with Gasteiger partial charge in [-0.2, -0.15) is 0 Å². The van der Waals surface area contributed by atoms with Crippen LogP contribution in [-0.2, 0) is 4.79 Å². The van der Waals surface area contributed by atoms with E-state index in [0.717, 1.165) is 43.4 Å². The smallest absolute Gasteiger partial charge is 0.220 e. The van der Waals surface area contributed by atoms with E-state index in [4.69, 9.17) is 0 Å². The highest BCUT2D eigenvalue weighted by molar-refractivity contribution is 5.75. The first-order chi connectivity index (χ1) is 10.9. The van der Waals surface area contributed by atoms with E-state index in [0.29, 0.717) is 12.2 Å². The fourth-order valence-corrected chi connectivity index (χ4v) is 2.84. The van der Waals surface area contributed by atoms with Crippen molar-refractivity contribution in [3.8, 4) is 0 Å². The van der Waals surface area contributed by atoms with E-state index in [9.17, 15) is 9.90 Å². The molecule has 0 spiro atoms. The van der Waals surface area contributed by atoms with Gasteiger partial charge >= 0.3 is 0 Å². The molecule has 3 nitrogen and oxygen atoms in total. The number of unbranched alkanes of at least 4 members (excludes halogenated alkanes) is 1. The van der Waals surface area contributed by atoms with Crippen molar-refractivity contribution in [3.05, 3.63) is 23.0 Å². The normalized spacial score (nSPS) is 14.4. The highest BCUT2D eigenvalue weighted by Crippen LogP contribution is 2.38. The van der Waals surface area contributed by atoms with Gasteiger partial charge in [-0.05, 0) is 47.7 Å². The number of aliphatic hydroxyl groups is 1. The second-order valence-electron chi connectivity index (χ2n) is 8.54. The molecule has 0 saturated carbocycles. The zero-order valence-electron chi connectivity index (χ0n) is 17.2. The molecule has 0 saturated heterocycles. The van der Waals surface area contributed by atoms with E-state index < -0.39 is 0 Å². The number of hydrogen-bond donors (Lipinski definition) is 2. The largest absolute Gasteiger partial charge is 0.508 e. The third-order valence-electron chi connectivity index (χ3n) is 4.14. The van der Waals surface area contributed by atoms with Gasteiger partial charge in [0, 0.05) is 13.0 Å². The Morgan fingerprint density at radius 3 is 2.04 bits per heavy atom. The van der Waals surface area contributed by atoms with Crippen molar-refractivity contribution in [2.24, 2.45) is 10.8 Å². The van der Waals surface area contributed by atoms with Gasteiger partial charge < -0.3 is 10.4 Å². The van der Waals surface area contributed by atoms with Gasteiger partial charge in [0.05, 0.1) is 0 Å². The van der Waals surface area contributed by atoms with Gasteiger partial charge in [0.2, 0.25) is 5.91 Å². The van der Waals surface area contributed by atoms with E-state index in [1.165, 1.54) is 0 Å². The molecule has 0 unspecified atom stereocenters. The Morgan fingerprint density at radius 2 is 1.62 bits per heavy atom. The Kier molecular flexibility index (Phi) is 9.39. The topological polar surface area (TPSA) is 49.3 Å². The van der Waals surface area contributed by atoms with Gasteiger partial charge in [-0.3, -0.25) is 4.79 Å². The first kappa shape index (κ1) is 22.8. The standard InChI is InChI=1S/C21H39NO2/c1-9-15-22-18(23)14-12-11-13-17(21(6,7)8)19(24)16(10-2)20(3,4)5/h13,24H,9-12,14-15H2,1-8H3,(H,22,23)/b17-13+,19-16-. The van der Waals surface area contributed by atoms with Crippen LogP contribution in [0.5, 0.6) is 0 Å². The number of amides is 1. The summed E-state index contributed by atoms with van der Waals surface area (Å²) in [6, 6.07) is 0. The predicted octanol–water partition coefficient (Wildman–Crippen LogP) is 5.92. The van der Waals surface area contributed by atoms with E-state index in [1.807, 2.05) is 6.92 Å². The Morgan fingerprint density at radius 1 is 1.04 bits per heavy atom. The number of carbonyl (C=O) groups excluding carboxylic acids is 1. The second-order valence-corrected chi connectivity index (χ2v) is 8.54. The second kappa shape index (κ2) is 9.90. The van der Waals surface area contributed by atoms with E-state index in [1.54, 1.807) is 0 Å². The molecule has 0 bridgehead atoms. The molecule has 0 rings (SSSR count). The molecule has 3 heteroatoms. The van der Waals surface area contributed by atoms with Crippen LogP contribution in [0, 0.1) is 10.8 Å². The van der Waals surface area contributed by atoms with E-state index >= 15 is 0 Å². The first-order valence-electron chi connectivity index (χ1n) is 9.35. The van der Waals surface area contributed by atoms with Crippen molar-refractivity contribution in [3.63, 3.8) is 0 Å². The molecule has 0 aliphatic carbocycles. The molecular weight excluding hydrogens is 298 g/mol. The number of allylic oxidation sites excluding steroid dienone is 3. The summed E-state index contributed by atoms with van der Waals surface area (Å²) >= 11 is 0.